The summed E-state index contributed by atoms with van der Waals surface area (Å²) in [6, 6.07) is 7.82. The van der Waals surface area contributed by atoms with E-state index in [0.717, 1.165) is 23.1 Å². The number of hydrogen-bond donors (Lipinski definition) is 2. The highest BCUT2D eigenvalue weighted by Crippen LogP contribution is 2.23. The average Bonchev–Trinajstić information content (AvgIpc) is 2.91. The topological polar surface area (TPSA) is 67.2 Å². The Balaban J connectivity index is 1.56. The molecule has 0 saturated heterocycles. The molecule has 1 aromatic heterocycles. The summed E-state index contributed by atoms with van der Waals surface area (Å²) < 4.78 is 5.23. The van der Waals surface area contributed by atoms with Crippen molar-refractivity contribution in [3.63, 3.8) is 0 Å². The molecule has 1 aromatic carbocycles. The van der Waals surface area contributed by atoms with Crippen LogP contribution in [0.15, 0.2) is 28.8 Å². The quantitative estimate of drug-likeness (QED) is 0.911. The Labute approximate surface area is 124 Å². The van der Waals surface area contributed by atoms with Crippen molar-refractivity contribution < 1.29 is 9.32 Å². The Morgan fingerprint density at radius 2 is 2.14 bits per heavy atom. The number of nitrogens with one attached hydrogen (secondary N) is 2. The van der Waals surface area contributed by atoms with Crippen molar-refractivity contribution in [3.8, 4) is 0 Å². The molecule has 2 aromatic rings. The van der Waals surface area contributed by atoms with Crippen molar-refractivity contribution >= 4 is 17.0 Å². The maximum Gasteiger partial charge on any atom is 0.315 e. The Morgan fingerprint density at radius 3 is 3.00 bits per heavy atom. The molecule has 1 saturated carbocycles. The first-order chi connectivity index (χ1) is 10.2. The van der Waals surface area contributed by atoms with Gasteiger partial charge in [0.2, 0.25) is 0 Å². The van der Waals surface area contributed by atoms with Gasteiger partial charge in [-0.25, -0.2) is 4.79 Å². The van der Waals surface area contributed by atoms with E-state index in [2.05, 4.69) is 22.7 Å². The van der Waals surface area contributed by atoms with Gasteiger partial charge in [-0.3, -0.25) is 0 Å². The van der Waals surface area contributed by atoms with Crippen LogP contribution in [0.2, 0.25) is 0 Å². The van der Waals surface area contributed by atoms with Crippen molar-refractivity contribution in [3.05, 3.63) is 30.0 Å². The summed E-state index contributed by atoms with van der Waals surface area (Å²) in [6.07, 6.45) is 4.73. The summed E-state index contributed by atoms with van der Waals surface area (Å²) in [5.74, 6) is 0.553. The lowest BCUT2D eigenvalue weighted by molar-refractivity contribution is 0.221. The highest BCUT2D eigenvalue weighted by Gasteiger charge is 2.22. The fraction of sp³-hybridized carbons (Fsp3) is 0.500. The van der Waals surface area contributed by atoms with E-state index >= 15 is 0 Å². The van der Waals surface area contributed by atoms with Crippen LogP contribution < -0.4 is 10.6 Å². The summed E-state index contributed by atoms with van der Waals surface area (Å²) in [5, 5.41) is 10.9. The minimum atomic E-state index is -0.124. The predicted octanol–water partition coefficient (Wildman–Crippen LogP) is 3.21. The lowest BCUT2D eigenvalue weighted by atomic mass is 9.86. The zero-order valence-corrected chi connectivity index (χ0v) is 12.3. The largest absolute Gasteiger partial charge is 0.356 e. The maximum atomic E-state index is 12.0. The molecule has 5 heteroatoms. The van der Waals surface area contributed by atoms with E-state index in [1.54, 1.807) is 0 Å². The van der Waals surface area contributed by atoms with Crippen LogP contribution in [0.25, 0.3) is 11.0 Å². The number of carbonyl (C=O) groups excluding carboxylic acids is 1. The Hall–Kier alpha value is -2.04. The number of hydrogen-bond acceptors (Lipinski definition) is 3. The van der Waals surface area contributed by atoms with E-state index in [9.17, 15) is 4.79 Å². The number of para-hydroxylation sites is 1. The number of amides is 2. The third-order valence-electron chi connectivity index (χ3n) is 4.30. The number of urea groups is 1. The molecule has 1 fully saturated rings. The van der Waals surface area contributed by atoms with Gasteiger partial charge >= 0.3 is 6.03 Å². The first kappa shape index (κ1) is 13.9. The lowest BCUT2D eigenvalue weighted by Gasteiger charge is -2.29. The van der Waals surface area contributed by atoms with Crippen molar-refractivity contribution in [1.29, 1.82) is 0 Å². The minimum absolute atomic E-state index is 0.124. The number of rotatable bonds is 3. The van der Waals surface area contributed by atoms with Gasteiger partial charge in [-0.05, 0) is 30.9 Å². The molecule has 0 bridgehead atoms. The van der Waals surface area contributed by atoms with Gasteiger partial charge < -0.3 is 15.2 Å². The molecule has 1 aliphatic rings. The first-order valence-corrected chi connectivity index (χ1v) is 7.61. The molecule has 2 N–H and O–H groups in total. The summed E-state index contributed by atoms with van der Waals surface area (Å²) >= 11 is 0. The van der Waals surface area contributed by atoms with Crippen LogP contribution >= 0.6 is 0 Å². The summed E-state index contributed by atoms with van der Waals surface area (Å²) in [5.41, 5.74) is 1.51. The molecule has 0 aliphatic heterocycles. The van der Waals surface area contributed by atoms with Crippen LogP contribution in [0, 0.1) is 5.92 Å². The molecule has 0 spiro atoms. The Kier molecular flexibility index (Phi) is 4.08. The molecule has 112 valence electrons. The van der Waals surface area contributed by atoms with E-state index in [-0.39, 0.29) is 12.1 Å². The molecule has 5 nitrogen and oxygen atoms in total. The molecule has 2 amide bonds. The second-order valence-electron chi connectivity index (χ2n) is 5.82. The average molecular weight is 287 g/mol. The van der Waals surface area contributed by atoms with Gasteiger partial charge in [-0.1, -0.05) is 37.1 Å². The fourth-order valence-electron chi connectivity index (χ4n) is 2.98. The van der Waals surface area contributed by atoms with Gasteiger partial charge in [-0.15, -0.1) is 0 Å². The van der Waals surface area contributed by atoms with E-state index < -0.39 is 0 Å². The smallest absolute Gasteiger partial charge is 0.315 e. The van der Waals surface area contributed by atoms with Gasteiger partial charge in [0.1, 0.15) is 5.69 Å². The molecular formula is C16H21N3O2. The number of carbonyl (C=O) groups is 1. The zero-order valence-electron chi connectivity index (χ0n) is 12.3. The molecular weight excluding hydrogens is 266 g/mol. The van der Waals surface area contributed by atoms with Crippen LogP contribution in [0.4, 0.5) is 4.79 Å². The number of benzene rings is 1. The third kappa shape index (κ3) is 3.17. The third-order valence-corrected chi connectivity index (χ3v) is 4.30. The standard InChI is InChI=1S/C16H21N3O2/c1-11-6-2-4-8-13(11)18-16(20)17-10-14-12-7-3-5-9-15(12)21-19-14/h3,5,7,9,11,13H,2,4,6,8,10H2,1H3,(H2,17,18,20)/t11-,13+/m1/s1. The number of aromatic nitrogens is 1. The maximum absolute atomic E-state index is 12.0. The fourth-order valence-corrected chi connectivity index (χ4v) is 2.98. The number of fused-ring (bicyclic) bond motifs is 1. The Morgan fingerprint density at radius 1 is 1.33 bits per heavy atom. The van der Waals surface area contributed by atoms with Crippen LogP contribution in [-0.4, -0.2) is 17.2 Å². The zero-order chi connectivity index (χ0) is 14.7. The SMILES string of the molecule is C[C@@H]1CCCC[C@@H]1NC(=O)NCc1noc2ccccc12. The molecule has 2 atom stereocenters. The van der Waals surface area contributed by atoms with Crippen LogP contribution in [-0.2, 0) is 6.54 Å². The van der Waals surface area contributed by atoms with E-state index in [1.807, 2.05) is 24.3 Å². The highest BCUT2D eigenvalue weighted by molar-refractivity contribution is 5.80. The second kappa shape index (κ2) is 6.16. The van der Waals surface area contributed by atoms with Gasteiger partial charge in [-0.2, -0.15) is 0 Å². The summed E-state index contributed by atoms with van der Waals surface area (Å²) in [4.78, 5) is 12.0. The second-order valence-corrected chi connectivity index (χ2v) is 5.82. The monoisotopic (exact) mass is 287 g/mol. The first-order valence-electron chi connectivity index (χ1n) is 7.61. The van der Waals surface area contributed by atoms with Crippen LogP contribution in [0.3, 0.4) is 0 Å². The van der Waals surface area contributed by atoms with Gasteiger partial charge in [0.15, 0.2) is 5.58 Å². The van der Waals surface area contributed by atoms with Crippen LogP contribution in [0.1, 0.15) is 38.3 Å². The molecule has 3 rings (SSSR count). The van der Waals surface area contributed by atoms with E-state index in [0.29, 0.717) is 12.5 Å². The molecule has 21 heavy (non-hydrogen) atoms. The van der Waals surface area contributed by atoms with Crippen LogP contribution in [0.5, 0.6) is 0 Å². The van der Waals surface area contributed by atoms with Crippen molar-refractivity contribution in [2.45, 2.75) is 45.2 Å². The molecule has 0 unspecified atom stereocenters. The van der Waals surface area contributed by atoms with Crippen molar-refractivity contribution in [2.75, 3.05) is 0 Å². The number of nitrogens with zero attached hydrogens (tertiary/aromatic N) is 1. The predicted molar refractivity (Wildman–Crippen MR) is 80.8 cm³/mol. The van der Waals surface area contributed by atoms with Crippen molar-refractivity contribution in [1.82, 2.24) is 15.8 Å². The highest BCUT2D eigenvalue weighted by atomic mass is 16.5. The Bertz CT molecular complexity index is 623. The lowest BCUT2D eigenvalue weighted by Crippen LogP contribution is -2.45. The van der Waals surface area contributed by atoms with E-state index in [4.69, 9.17) is 4.52 Å². The van der Waals surface area contributed by atoms with Gasteiger partial charge in [0.25, 0.3) is 0 Å². The molecule has 1 heterocycles. The molecule has 0 radical (unpaired) electrons. The molecule has 1 aliphatic carbocycles. The summed E-state index contributed by atoms with van der Waals surface area (Å²) in [7, 11) is 0. The normalized spacial score (nSPS) is 22.1. The summed E-state index contributed by atoms with van der Waals surface area (Å²) in [6.45, 7) is 2.58. The minimum Gasteiger partial charge on any atom is -0.356 e. The van der Waals surface area contributed by atoms with Gasteiger partial charge in [0.05, 0.1) is 6.54 Å². The van der Waals surface area contributed by atoms with Gasteiger partial charge in [0, 0.05) is 11.4 Å². The van der Waals surface area contributed by atoms with Crippen molar-refractivity contribution in [2.24, 2.45) is 5.92 Å². The van der Waals surface area contributed by atoms with E-state index in [1.165, 1.54) is 19.3 Å².